The quantitative estimate of drug-likeness (QED) is 0.905. The van der Waals surface area contributed by atoms with Crippen molar-refractivity contribution in [2.24, 2.45) is 0 Å². The molecule has 0 atom stereocenters. The van der Waals surface area contributed by atoms with Crippen LogP contribution in [0.3, 0.4) is 0 Å². The second kappa shape index (κ2) is 5.59. The predicted octanol–water partition coefficient (Wildman–Crippen LogP) is 3.25. The van der Waals surface area contributed by atoms with Gasteiger partial charge in [0.2, 0.25) is 0 Å². The van der Waals surface area contributed by atoms with Crippen molar-refractivity contribution in [1.29, 1.82) is 0 Å². The lowest BCUT2D eigenvalue weighted by atomic mass is 9.78. The molecule has 1 amide bonds. The van der Waals surface area contributed by atoms with Crippen molar-refractivity contribution in [2.45, 2.75) is 24.7 Å². The summed E-state index contributed by atoms with van der Waals surface area (Å²) in [4.78, 5) is 14.4. The van der Waals surface area contributed by atoms with E-state index in [0.717, 1.165) is 35.2 Å². The fourth-order valence-electron chi connectivity index (χ4n) is 3.78. The summed E-state index contributed by atoms with van der Waals surface area (Å²) in [5.41, 5.74) is 1.74. The van der Waals surface area contributed by atoms with Crippen molar-refractivity contribution in [3.05, 3.63) is 70.8 Å². The summed E-state index contributed by atoms with van der Waals surface area (Å²) in [5.74, 6) is -0.0453. The Morgan fingerprint density at radius 1 is 1.04 bits per heavy atom. The number of alkyl halides is 3. The van der Waals surface area contributed by atoms with E-state index in [2.05, 4.69) is 10.2 Å². The van der Waals surface area contributed by atoms with E-state index < -0.39 is 11.7 Å². The van der Waals surface area contributed by atoms with Gasteiger partial charge >= 0.3 is 6.18 Å². The van der Waals surface area contributed by atoms with E-state index in [1.54, 1.807) is 0 Å². The average molecular weight is 346 g/mol. The van der Waals surface area contributed by atoms with Crippen LogP contribution in [0.15, 0.2) is 48.5 Å². The number of likely N-dealkylation sites (tertiary alicyclic amines) is 1. The molecule has 4 rings (SSSR count). The maximum absolute atomic E-state index is 12.6. The van der Waals surface area contributed by atoms with Gasteiger partial charge in [-0.25, -0.2) is 0 Å². The van der Waals surface area contributed by atoms with E-state index in [0.29, 0.717) is 19.6 Å². The molecular weight excluding hydrogens is 329 g/mol. The Bertz CT molecular complexity index is 808. The molecule has 3 nitrogen and oxygen atoms in total. The second-order valence-electron chi connectivity index (χ2n) is 6.91. The Hall–Kier alpha value is -2.34. The number of carbonyl (C=O) groups excluding carboxylic acids is 1. The largest absolute Gasteiger partial charge is 0.416 e. The lowest BCUT2D eigenvalue weighted by Gasteiger charge is -2.52. The normalized spacial score (nSPS) is 19.2. The van der Waals surface area contributed by atoms with E-state index in [1.807, 2.05) is 24.3 Å². The maximum Gasteiger partial charge on any atom is 0.416 e. The fraction of sp³-hybridized carbons (Fsp3) is 0.316. The molecule has 1 spiro atoms. The standard InChI is InChI=1S/C19H17F3N2O/c20-19(21,22)15-7-5-13(6-8-15)10-24-11-18(12-24)9-14-3-1-2-4-16(14)17(25)23-18/h1-8H,9-12H2,(H,23,25). The number of fused-ring (bicyclic) bond motifs is 1. The lowest BCUT2D eigenvalue weighted by molar-refractivity contribution is -0.137. The third-order valence-electron chi connectivity index (χ3n) is 4.91. The number of nitrogens with zero attached hydrogens (tertiary/aromatic N) is 1. The van der Waals surface area contributed by atoms with Gasteiger partial charge in [0.15, 0.2) is 0 Å². The summed E-state index contributed by atoms with van der Waals surface area (Å²) in [6.45, 7) is 1.99. The molecule has 0 radical (unpaired) electrons. The van der Waals surface area contributed by atoms with Crippen LogP contribution in [-0.4, -0.2) is 29.4 Å². The summed E-state index contributed by atoms with van der Waals surface area (Å²) in [6.07, 6.45) is -3.52. The van der Waals surface area contributed by atoms with Crippen LogP contribution in [0.2, 0.25) is 0 Å². The van der Waals surface area contributed by atoms with Crippen LogP contribution >= 0.6 is 0 Å². The topological polar surface area (TPSA) is 32.3 Å². The van der Waals surface area contributed by atoms with Crippen LogP contribution in [-0.2, 0) is 19.1 Å². The van der Waals surface area contributed by atoms with E-state index in [4.69, 9.17) is 0 Å². The third kappa shape index (κ3) is 3.02. The van der Waals surface area contributed by atoms with Crippen molar-refractivity contribution >= 4 is 5.91 Å². The minimum Gasteiger partial charge on any atom is -0.344 e. The zero-order valence-electron chi connectivity index (χ0n) is 13.4. The summed E-state index contributed by atoms with van der Waals surface area (Å²) in [7, 11) is 0. The Labute approximate surface area is 143 Å². The Kier molecular flexibility index (Phi) is 3.61. The molecule has 6 heteroatoms. The van der Waals surface area contributed by atoms with Gasteiger partial charge in [0.25, 0.3) is 5.91 Å². The molecule has 0 saturated carbocycles. The molecule has 2 aliphatic heterocycles. The molecule has 25 heavy (non-hydrogen) atoms. The first-order valence-electron chi connectivity index (χ1n) is 8.14. The molecule has 1 N–H and O–H groups in total. The molecule has 2 aromatic carbocycles. The molecule has 2 aliphatic rings. The molecule has 0 aromatic heterocycles. The highest BCUT2D eigenvalue weighted by Gasteiger charge is 2.46. The zero-order valence-corrected chi connectivity index (χ0v) is 13.4. The molecule has 0 bridgehead atoms. The van der Waals surface area contributed by atoms with Gasteiger partial charge in [0.05, 0.1) is 11.1 Å². The van der Waals surface area contributed by atoms with E-state index in [-0.39, 0.29) is 11.4 Å². The number of hydrogen-bond donors (Lipinski definition) is 1. The number of carbonyl (C=O) groups is 1. The van der Waals surface area contributed by atoms with Crippen LogP contribution in [0.5, 0.6) is 0 Å². The van der Waals surface area contributed by atoms with Crippen LogP contribution in [0.4, 0.5) is 13.2 Å². The monoisotopic (exact) mass is 346 g/mol. The molecule has 0 aliphatic carbocycles. The molecule has 1 fully saturated rings. The Balaban J connectivity index is 1.40. The minimum absolute atomic E-state index is 0.0453. The number of halogens is 3. The highest BCUT2D eigenvalue weighted by molar-refractivity contribution is 5.97. The summed E-state index contributed by atoms with van der Waals surface area (Å²) in [5, 5.41) is 3.10. The number of amides is 1. The molecular formula is C19H17F3N2O. The summed E-state index contributed by atoms with van der Waals surface area (Å²) >= 11 is 0. The van der Waals surface area contributed by atoms with Crippen molar-refractivity contribution < 1.29 is 18.0 Å². The van der Waals surface area contributed by atoms with Gasteiger partial charge < -0.3 is 5.32 Å². The molecule has 1 saturated heterocycles. The van der Waals surface area contributed by atoms with Crippen LogP contribution in [0.1, 0.15) is 27.0 Å². The van der Waals surface area contributed by atoms with Gasteiger partial charge in [0, 0.05) is 25.2 Å². The van der Waals surface area contributed by atoms with Gasteiger partial charge in [-0.2, -0.15) is 13.2 Å². The highest BCUT2D eigenvalue weighted by atomic mass is 19.4. The molecule has 0 unspecified atom stereocenters. The van der Waals surface area contributed by atoms with Crippen LogP contribution in [0, 0.1) is 0 Å². The SMILES string of the molecule is O=C1NC2(Cc3ccccc31)CN(Cc1ccc(C(F)(F)F)cc1)C2. The number of hydrogen-bond acceptors (Lipinski definition) is 2. The van der Waals surface area contributed by atoms with E-state index >= 15 is 0 Å². The van der Waals surface area contributed by atoms with Gasteiger partial charge in [-0.15, -0.1) is 0 Å². The first-order valence-corrected chi connectivity index (χ1v) is 8.14. The minimum atomic E-state index is -4.31. The third-order valence-corrected chi connectivity index (χ3v) is 4.91. The second-order valence-corrected chi connectivity index (χ2v) is 6.91. The van der Waals surface area contributed by atoms with Crippen molar-refractivity contribution in [3.8, 4) is 0 Å². The zero-order chi connectivity index (χ0) is 17.7. The van der Waals surface area contributed by atoms with E-state index in [9.17, 15) is 18.0 Å². The van der Waals surface area contributed by atoms with Crippen LogP contribution in [0.25, 0.3) is 0 Å². The first-order chi connectivity index (χ1) is 11.8. The smallest absolute Gasteiger partial charge is 0.344 e. The first kappa shape index (κ1) is 16.1. The van der Waals surface area contributed by atoms with Gasteiger partial charge in [-0.05, 0) is 35.7 Å². The van der Waals surface area contributed by atoms with Gasteiger partial charge in [0.1, 0.15) is 0 Å². The highest BCUT2D eigenvalue weighted by Crippen LogP contribution is 2.33. The van der Waals surface area contributed by atoms with Gasteiger partial charge in [-0.1, -0.05) is 30.3 Å². The molecule has 130 valence electrons. The number of benzene rings is 2. The molecule has 2 heterocycles. The average Bonchev–Trinajstić information content (AvgIpc) is 2.53. The fourth-order valence-corrected chi connectivity index (χ4v) is 3.78. The number of nitrogens with one attached hydrogen (secondary N) is 1. The lowest BCUT2D eigenvalue weighted by Crippen LogP contribution is -2.72. The summed E-state index contributed by atoms with van der Waals surface area (Å²) in [6, 6.07) is 12.9. The predicted molar refractivity (Wildman–Crippen MR) is 87.1 cm³/mol. The van der Waals surface area contributed by atoms with Crippen LogP contribution < -0.4 is 5.32 Å². The maximum atomic E-state index is 12.6. The van der Waals surface area contributed by atoms with Crippen molar-refractivity contribution in [1.82, 2.24) is 10.2 Å². The van der Waals surface area contributed by atoms with Crippen molar-refractivity contribution in [2.75, 3.05) is 13.1 Å². The molecule has 2 aromatic rings. The number of rotatable bonds is 2. The van der Waals surface area contributed by atoms with Gasteiger partial charge in [-0.3, -0.25) is 9.69 Å². The Morgan fingerprint density at radius 2 is 1.72 bits per heavy atom. The van der Waals surface area contributed by atoms with Crippen molar-refractivity contribution in [3.63, 3.8) is 0 Å². The van der Waals surface area contributed by atoms with E-state index in [1.165, 1.54) is 12.1 Å². The summed E-state index contributed by atoms with van der Waals surface area (Å²) < 4.78 is 37.8. The Morgan fingerprint density at radius 3 is 2.40 bits per heavy atom.